The Labute approximate surface area is 191 Å². The Morgan fingerprint density at radius 1 is 1.19 bits per heavy atom. The molecule has 0 bridgehead atoms. The molecule has 176 valence electrons. The Morgan fingerprint density at radius 3 is 2.69 bits per heavy atom. The number of anilines is 2. The standard InChI is InChI=1S/C24H37N5O3/c1-4-19-11-12-20(27-23(19)25-2)9-6-8-15-29(17-18-32-3)16-13-21(24(30)31)28-22-10-5-7-14-26-22/h5,7,10-12,14,21H,4,6,8-9,13,15-18H2,1-3H3,(H,25,27)(H,26,28)(H,30,31). The number of pyridine rings is 2. The Bertz CT molecular complexity index is 803. The van der Waals surface area contributed by atoms with Gasteiger partial charge in [0.05, 0.1) is 6.61 Å². The van der Waals surface area contributed by atoms with Crippen LogP contribution in [0.1, 0.15) is 37.4 Å². The fourth-order valence-electron chi connectivity index (χ4n) is 3.56. The normalized spacial score (nSPS) is 12.0. The summed E-state index contributed by atoms with van der Waals surface area (Å²) in [7, 11) is 3.60. The average Bonchev–Trinajstić information content (AvgIpc) is 2.82. The number of aryl methyl sites for hydroxylation is 2. The fraction of sp³-hybridized carbons (Fsp3) is 0.542. The maximum atomic E-state index is 11.7. The van der Waals surface area contributed by atoms with E-state index in [-0.39, 0.29) is 0 Å². The zero-order valence-electron chi connectivity index (χ0n) is 19.5. The van der Waals surface area contributed by atoms with Crippen molar-refractivity contribution in [2.24, 2.45) is 0 Å². The quantitative estimate of drug-likeness (QED) is 0.340. The summed E-state index contributed by atoms with van der Waals surface area (Å²) >= 11 is 0. The zero-order chi connectivity index (χ0) is 23.2. The molecule has 0 aliphatic heterocycles. The third-order valence-electron chi connectivity index (χ3n) is 5.44. The predicted molar refractivity (Wildman–Crippen MR) is 128 cm³/mol. The lowest BCUT2D eigenvalue weighted by Gasteiger charge is -2.24. The highest BCUT2D eigenvalue weighted by Crippen LogP contribution is 2.15. The molecule has 3 N–H and O–H groups in total. The van der Waals surface area contributed by atoms with Crippen molar-refractivity contribution in [1.29, 1.82) is 0 Å². The van der Waals surface area contributed by atoms with Crippen molar-refractivity contribution >= 4 is 17.6 Å². The van der Waals surface area contributed by atoms with E-state index < -0.39 is 12.0 Å². The Morgan fingerprint density at radius 2 is 2.03 bits per heavy atom. The lowest BCUT2D eigenvalue weighted by atomic mass is 10.1. The van der Waals surface area contributed by atoms with Crippen LogP contribution in [0.2, 0.25) is 0 Å². The van der Waals surface area contributed by atoms with Crippen LogP contribution >= 0.6 is 0 Å². The molecule has 0 radical (unpaired) electrons. The van der Waals surface area contributed by atoms with Gasteiger partial charge in [-0.05, 0) is 62.4 Å². The number of carboxylic acids is 1. The first kappa shape index (κ1) is 25.5. The van der Waals surface area contributed by atoms with E-state index in [4.69, 9.17) is 9.72 Å². The maximum Gasteiger partial charge on any atom is 0.326 e. The molecule has 2 aromatic heterocycles. The second-order valence-electron chi connectivity index (χ2n) is 7.74. The number of hydrogen-bond donors (Lipinski definition) is 3. The molecule has 0 spiro atoms. The Kier molecular flexibility index (Phi) is 11.5. The van der Waals surface area contributed by atoms with E-state index in [1.54, 1.807) is 25.4 Å². The number of carbonyl (C=O) groups is 1. The molecule has 2 rings (SSSR count). The molecular formula is C24H37N5O3. The van der Waals surface area contributed by atoms with E-state index in [2.05, 4.69) is 39.6 Å². The van der Waals surface area contributed by atoms with E-state index >= 15 is 0 Å². The number of ether oxygens (including phenoxy) is 1. The van der Waals surface area contributed by atoms with Crippen LogP contribution in [0.25, 0.3) is 0 Å². The number of nitrogens with zero attached hydrogens (tertiary/aromatic N) is 3. The fourth-order valence-corrected chi connectivity index (χ4v) is 3.56. The Hall–Kier alpha value is -2.71. The van der Waals surface area contributed by atoms with E-state index in [0.29, 0.717) is 25.4 Å². The first-order valence-corrected chi connectivity index (χ1v) is 11.4. The molecular weight excluding hydrogens is 406 g/mol. The summed E-state index contributed by atoms with van der Waals surface area (Å²) in [6, 6.07) is 9.00. The maximum absolute atomic E-state index is 11.7. The minimum atomic E-state index is -0.871. The van der Waals surface area contributed by atoms with E-state index in [1.807, 2.05) is 13.1 Å². The first-order chi connectivity index (χ1) is 15.6. The van der Waals surface area contributed by atoms with Gasteiger partial charge in [0.25, 0.3) is 0 Å². The number of hydrogen-bond acceptors (Lipinski definition) is 7. The number of rotatable bonds is 16. The van der Waals surface area contributed by atoms with Crippen molar-refractivity contribution in [3.05, 3.63) is 47.8 Å². The third-order valence-corrected chi connectivity index (χ3v) is 5.44. The summed E-state index contributed by atoms with van der Waals surface area (Å²) in [4.78, 5) is 22.9. The first-order valence-electron chi connectivity index (χ1n) is 11.4. The van der Waals surface area contributed by atoms with Crippen LogP contribution in [0.5, 0.6) is 0 Å². The molecule has 0 aliphatic carbocycles. The number of aromatic nitrogens is 2. The van der Waals surface area contributed by atoms with Crippen molar-refractivity contribution in [1.82, 2.24) is 14.9 Å². The molecule has 2 heterocycles. The molecule has 8 heteroatoms. The minimum Gasteiger partial charge on any atom is -0.480 e. The van der Waals surface area contributed by atoms with Crippen LogP contribution in [0.3, 0.4) is 0 Å². The van der Waals surface area contributed by atoms with Crippen molar-refractivity contribution in [2.75, 3.05) is 51.0 Å². The minimum absolute atomic E-state index is 0.487. The molecule has 0 aliphatic rings. The summed E-state index contributed by atoms with van der Waals surface area (Å²) in [5, 5.41) is 15.8. The van der Waals surface area contributed by atoms with Gasteiger partial charge in [-0.2, -0.15) is 0 Å². The van der Waals surface area contributed by atoms with E-state index in [0.717, 1.165) is 50.3 Å². The van der Waals surface area contributed by atoms with Crippen molar-refractivity contribution < 1.29 is 14.6 Å². The molecule has 1 unspecified atom stereocenters. The molecule has 1 atom stereocenters. The molecule has 0 aromatic carbocycles. The van der Waals surface area contributed by atoms with E-state index in [9.17, 15) is 9.90 Å². The lowest BCUT2D eigenvalue weighted by molar-refractivity contribution is -0.138. The second-order valence-corrected chi connectivity index (χ2v) is 7.74. The summed E-state index contributed by atoms with van der Waals surface area (Å²) in [5.74, 6) is 0.669. The second kappa shape index (κ2) is 14.4. The number of aliphatic carboxylic acids is 1. The van der Waals surface area contributed by atoms with Gasteiger partial charge >= 0.3 is 5.97 Å². The predicted octanol–water partition coefficient (Wildman–Crippen LogP) is 3.31. The van der Waals surface area contributed by atoms with E-state index in [1.165, 1.54) is 5.56 Å². The highest BCUT2D eigenvalue weighted by Gasteiger charge is 2.19. The van der Waals surface area contributed by atoms with Gasteiger partial charge in [0, 0.05) is 39.1 Å². The number of nitrogens with one attached hydrogen (secondary N) is 2. The van der Waals surface area contributed by atoms with Gasteiger partial charge in [-0.25, -0.2) is 14.8 Å². The zero-order valence-corrected chi connectivity index (χ0v) is 19.5. The number of methoxy groups -OCH3 is 1. The van der Waals surface area contributed by atoms with Gasteiger partial charge in [0.2, 0.25) is 0 Å². The molecule has 0 amide bonds. The third kappa shape index (κ3) is 8.80. The number of carboxylic acid groups (broad SMARTS) is 1. The smallest absolute Gasteiger partial charge is 0.326 e. The SMILES string of the molecule is CCc1ccc(CCCCN(CCOC)CCC(Nc2ccccn2)C(=O)O)nc1NC. The van der Waals surface area contributed by atoms with Gasteiger partial charge in [-0.1, -0.05) is 19.1 Å². The molecule has 0 saturated carbocycles. The van der Waals surface area contributed by atoms with Gasteiger partial charge in [-0.3, -0.25) is 0 Å². The van der Waals surface area contributed by atoms with Crippen LogP contribution in [0, 0.1) is 0 Å². The van der Waals surface area contributed by atoms with Gasteiger partial charge < -0.3 is 25.4 Å². The lowest BCUT2D eigenvalue weighted by Crippen LogP contribution is -2.36. The van der Waals surface area contributed by atoms with Crippen LogP contribution in [-0.2, 0) is 22.4 Å². The summed E-state index contributed by atoms with van der Waals surface area (Å²) in [6.45, 7) is 5.10. The molecule has 0 saturated heterocycles. The molecule has 8 nitrogen and oxygen atoms in total. The van der Waals surface area contributed by atoms with Crippen molar-refractivity contribution in [3.8, 4) is 0 Å². The highest BCUT2D eigenvalue weighted by atomic mass is 16.5. The summed E-state index contributed by atoms with van der Waals surface area (Å²) in [5.41, 5.74) is 2.33. The largest absolute Gasteiger partial charge is 0.480 e. The van der Waals surface area contributed by atoms with Crippen LogP contribution in [0.4, 0.5) is 11.6 Å². The molecule has 2 aromatic rings. The topological polar surface area (TPSA) is 99.6 Å². The average molecular weight is 444 g/mol. The summed E-state index contributed by atoms with van der Waals surface area (Å²) in [6.07, 6.45) is 6.07. The van der Waals surface area contributed by atoms with Crippen LogP contribution in [0.15, 0.2) is 36.5 Å². The van der Waals surface area contributed by atoms with Crippen molar-refractivity contribution in [3.63, 3.8) is 0 Å². The van der Waals surface area contributed by atoms with Crippen LogP contribution < -0.4 is 10.6 Å². The Balaban J connectivity index is 1.83. The van der Waals surface area contributed by atoms with Crippen LogP contribution in [-0.4, -0.2) is 72.4 Å². The van der Waals surface area contributed by atoms with Gasteiger partial charge in [0.1, 0.15) is 17.7 Å². The van der Waals surface area contributed by atoms with Gasteiger partial charge in [0.15, 0.2) is 0 Å². The summed E-state index contributed by atoms with van der Waals surface area (Å²) < 4.78 is 5.24. The highest BCUT2D eigenvalue weighted by molar-refractivity contribution is 5.76. The van der Waals surface area contributed by atoms with Crippen molar-refractivity contribution in [2.45, 2.75) is 45.1 Å². The number of unbranched alkanes of at least 4 members (excludes halogenated alkanes) is 1. The monoisotopic (exact) mass is 443 g/mol. The molecule has 32 heavy (non-hydrogen) atoms. The van der Waals surface area contributed by atoms with Gasteiger partial charge in [-0.15, -0.1) is 0 Å². The molecule has 0 fully saturated rings.